The lowest BCUT2D eigenvalue weighted by molar-refractivity contribution is 0.0991. The van der Waals surface area contributed by atoms with Gasteiger partial charge in [0.2, 0.25) is 0 Å². The second kappa shape index (κ2) is 7.20. The Balaban J connectivity index is 1.96. The number of carbonyl (C=O) groups excluding carboxylic acids is 1. The Labute approximate surface area is 125 Å². The van der Waals surface area contributed by atoms with Gasteiger partial charge in [0, 0.05) is 5.56 Å². The van der Waals surface area contributed by atoms with Gasteiger partial charge in [0.25, 0.3) is 0 Å². The molecule has 0 fully saturated rings. The van der Waals surface area contributed by atoms with E-state index in [9.17, 15) is 4.79 Å². The smallest absolute Gasteiger partial charge is 0.184 e. The molecule has 0 saturated carbocycles. The molecule has 0 saturated heterocycles. The van der Waals surface area contributed by atoms with Crippen LogP contribution in [0, 0.1) is 6.92 Å². The maximum absolute atomic E-state index is 12.2. The summed E-state index contributed by atoms with van der Waals surface area (Å²) in [6.07, 6.45) is 3.39. The molecule has 0 bridgehead atoms. The van der Waals surface area contributed by atoms with Crippen LogP contribution < -0.4 is 5.43 Å². The van der Waals surface area contributed by atoms with Crippen LogP contribution in [0.5, 0.6) is 0 Å². The number of hydrazone groups is 1. The topological polar surface area (TPSA) is 41.5 Å². The fourth-order valence-electron chi connectivity index (χ4n) is 1.98. The van der Waals surface area contributed by atoms with Gasteiger partial charge in [-0.3, -0.25) is 4.79 Å². The highest BCUT2D eigenvalue weighted by atomic mass is 16.1. The summed E-state index contributed by atoms with van der Waals surface area (Å²) < 4.78 is 0. The van der Waals surface area contributed by atoms with Crippen molar-refractivity contribution < 1.29 is 4.79 Å². The maximum Gasteiger partial charge on any atom is 0.184 e. The number of hydrogen-bond donors (Lipinski definition) is 1. The highest BCUT2D eigenvalue weighted by Gasteiger charge is 2.08. The molecule has 2 rings (SSSR count). The molecule has 0 radical (unpaired) electrons. The van der Waals surface area contributed by atoms with Gasteiger partial charge in [0.05, 0.1) is 12.8 Å². The van der Waals surface area contributed by atoms with Gasteiger partial charge in [0.1, 0.15) is 0 Å². The minimum atomic E-state index is -0.00453. The average molecular weight is 278 g/mol. The Morgan fingerprint density at radius 2 is 2.00 bits per heavy atom. The number of hydrogen-bond acceptors (Lipinski definition) is 3. The van der Waals surface area contributed by atoms with E-state index in [1.807, 2.05) is 55.5 Å². The molecule has 0 aliphatic rings. The third-order valence-electron chi connectivity index (χ3n) is 3.07. The molecule has 0 aliphatic heterocycles. The number of carbonyl (C=O) groups is 1. The summed E-state index contributed by atoms with van der Waals surface area (Å²) >= 11 is 0. The van der Waals surface area contributed by atoms with Crippen molar-refractivity contribution in [3.05, 3.63) is 77.4 Å². The van der Waals surface area contributed by atoms with E-state index in [0.717, 1.165) is 16.7 Å². The Bertz CT molecular complexity index is 660. The number of aryl methyl sites for hydroxylation is 1. The van der Waals surface area contributed by atoms with E-state index in [4.69, 9.17) is 0 Å². The standard InChI is InChI=1S/C18H18N2O/c1-3-16-11-14(2)9-10-17(16)18(21)13-20-19-12-15-7-5-4-6-8-15/h3-12,20H,1,13H2,2H3. The molecule has 0 aliphatic carbocycles. The number of rotatable bonds is 6. The third kappa shape index (κ3) is 4.14. The Hall–Kier alpha value is -2.68. The van der Waals surface area contributed by atoms with Gasteiger partial charge in [-0.2, -0.15) is 5.10 Å². The molecule has 3 heteroatoms. The van der Waals surface area contributed by atoms with Crippen LogP contribution in [0.2, 0.25) is 0 Å². The van der Waals surface area contributed by atoms with Crippen molar-refractivity contribution in [3.63, 3.8) is 0 Å². The summed E-state index contributed by atoms with van der Waals surface area (Å²) in [6.45, 7) is 5.90. The minimum Gasteiger partial charge on any atom is -0.302 e. The first-order valence-corrected chi connectivity index (χ1v) is 6.78. The molecule has 3 nitrogen and oxygen atoms in total. The lowest BCUT2D eigenvalue weighted by Gasteiger charge is -2.06. The van der Waals surface area contributed by atoms with Crippen LogP contribution in [-0.2, 0) is 0 Å². The average Bonchev–Trinajstić information content (AvgIpc) is 2.52. The molecule has 1 N–H and O–H groups in total. The largest absolute Gasteiger partial charge is 0.302 e. The molecule has 0 spiro atoms. The van der Waals surface area contributed by atoms with E-state index in [0.29, 0.717) is 5.56 Å². The molecule has 21 heavy (non-hydrogen) atoms. The van der Waals surface area contributed by atoms with Crippen molar-refractivity contribution in [1.29, 1.82) is 0 Å². The van der Waals surface area contributed by atoms with Crippen molar-refractivity contribution in [1.82, 2.24) is 5.43 Å². The van der Waals surface area contributed by atoms with Gasteiger partial charge in [-0.05, 0) is 18.1 Å². The van der Waals surface area contributed by atoms with Crippen LogP contribution in [0.1, 0.15) is 27.0 Å². The molecule has 0 heterocycles. The fraction of sp³-hybridized carbons (Fsp3) is 0.111. The van der Waals surface area contributed by atoms with Crippen LogP contribution in [0.3, 0.4) is 0 Å². The van der Waals surface area contributed by atoms with Crippen LogP contribution in [0.15, 0.2) is 60.2 Å². The highest BCUT2D eigenvalue weighted by molar-refractivity contribution is 6.00. The van der Waals surface area contributed by atoms with Crippen molar-refractivity contribution in [2.75, 3.05) is 6.54 Å². The monoisotopic (exact) mass is 278 g/mol. The second-order valence-corrected chi connectivity index (χ2v) is 4.72. The van der Waals surface area contributed by atoms with Gasteiger partial charge < -0.3 is 5.43 Å². The normalized spacial score (nSPS) is 10.5. The van der Waals surface area contributed by atoms with E-state index in [-0.39, 0.29) is 12.3 Å². The van der Waals surface area contributed by atoms with E-state index >= 15 is 0 Å². The zero-order valence-electron chi connectivity index (χ0n) is 12.0. The van der Waals surface area contributed by atoms with E-state index in [1.165, 1.54) is 0 Å². The van der Waals surface area contributed by atoms with Crippen LogP contribution >= 0.6 is 0 Å². The summed E-state index contributed by atoms with van der Waals surface area (Å²) in [5.74, 6) is -0.00453. The Morgan fingerprint density at radius 3 is 2.71 bits per heavy atom. The first-order chi connectivity index (χ1) is 10.2. The van der Waals surface area contributed by atoms with Crippen LogP contribution in [0.4, 0.5) is 0 Å². The summed E-state index contributed by atoms with van der Waals surface area (Å²) in [6, 6.07) is 15.4. The molecule has 0 amide bonds. The molecular weight excluding hydrogens is 260 g/mol. The first kappa shape index (κ1) is 14.7. The number of nitrogens with one attached hydrogen (secondary N) is 1. The van der Waals surface area contributed by atoms with Gasteiger partial charge in [-0.1, -0.05) is 66.7 Å². The summed E-state index contributed by atoms with van der Waals surface area (Å²) in [4.78, 5) is 12.2. The van der Waals surface area contributed by atoms with Crippen LogP contribution in [0.25, 0.3) is 6.08 Å². The molecule has 0 unspecified atom stereocenters. The quantitative estimate of drug-likeness (QED) is 0.499. The molecule has 106 valence electrons. The first-order valence-electron chi connectivity index (χ1n) is 6.78. The van der Waals surface area contributed by atoms with Crippen molar-refractivity contribution >= 4 is 18.1 Å². The molecular formula is C18H18N2O. The molecule has 2 aromatic rings. The van der Waals surface area contributed by atoms with Gasteiger partial charge in [-0.15, -0.1) is 0 Å². The maximum atomic E-state index is 12.2. The minimum absolute atomic E-state index is 0.00453. The van der Waals surface area contributed by atoms with Crippen LogP contribution in [-0.4, -0.2) is 18.5 Å². The summed E-state index contributed by atoms with van der Waals surface area (Å²) in [5.41, 5.74) is 6.40. The highest BCUT2D eigenvalue weighted by Crippen LogP contribution is 2.13. The zero-order chi connectivity index (χ0) is 15.1. The molecule has 0 aromatic heterocycles. The number of nitrogens with zero attached hydrogens (tertiary/aromatic N) is 1. The lowest BCUT2D eigenvalue weighted by Crippen LogP contribution is -2.19. The number of benzene rings is 2. The fourth-order valence-corrected chi connectivity index (χ4v) is 1.98. The lowest BCUT2D eigenvalue weighted by atomic mass is 10.0. The van der Waals surface area contributed by atoms with E-state index in [1.54, 1.807) is 12.3 Å². The Morgan fingerprint density at radius 1 is 1.24 bits per heavy atom. The predicted octanol–water partition coefficient (Wildman–Crippen LogP) is 3.44. The van der Waals surface area contributed by atoms with E-state index < -0.39 is 0 Å². The Kier molecular flexibility index (Phi) is 5.04. The summed E-state index contributed by atoms with van der Waals surface area (Å²) in [7, 11) is 0. The summed E-state index contributed by atoms with van der Waals surface area (Å²) in [5, 5.41) is 4.06. The van der Waals surface area contributed by atoms with Gasteiger partial charge in [-0.25, -0.2) is 0 Å². The molecule has 0 atom stereocenters. The second-order valence-electron chi connectivity index (χ2n) is 4.72. The van der Waals surface area contributed by atoms with Crippen molar-refractivity contribution in [2.24, 2.45) is 5.10 Å². The molecule has 2 aromatic carbocycles. The SMILES string of the molecule is C=Cc1cc(C)ccc1C(=O)CNN=Cc1ccccc1. The third-order valence-corrected chi connectivity index (χ3v) is 3.07. The van der Waals surface area contributed by atoms with Crippen molar-refractivity contribution in [3.8, 4) is 0 Å². The number of Topliss-reactive ketones (excluding diaryl/α,β-unsaturated/α-hetero) is 1. The van der Waals surface area contributed by atoms with E-state index in [2.05, 4.69) is 17.1 Å². The predicted molar refractivity (Wildman–Crippen MR) is 87.6 cm³/mol. The van der Waals surface area contributed by atoms with Crippen molar-refractivity contribution in [2.45, 2.75) is 6.92 Å². The van der Waals surface area contributed by atoms with Gasteiger partial charge in [0.15, 0.2) is 5.78 Å². The zero-order valence-corrected chi connectivity index (χ0v) is 12.0. The van der Waals surface area contributed by atoms with Gasteiger partial charge >= 0.3 is 0 Å². The number of ketones is 1.